The molecule has 116 valence electrons. The Morgan fingerprint density at radius 1 is 1.33 bits per heavy atom. The Kier molecular flexibility index (Phi) is 4.02. The van der Waals surface area contributed by atoms with E-state index in [1.807, 2.05) is 18.9 Å². The van der Waals surface area contributed by atoms with Gasteiger partial charge in [-0.15, -0.1) is 0 Å². The van der Waals surface area contributed by atoms with Crippen molar-refractivity contribution in [2.45, 2.75) is 45.1 Å². The number of likely N-dealkylation sites (tertiary alicyclic amines) is 1. The number of rotatable bonds is 2. The number of H-pyrrole nitrogens is 1. The summed E-state index contributed by atoms with van der Waals surface area (Å²) in [4.78, 5) is 25.0. The summed E-state index contributed by atoms with van der Waals surface area (Å²) in [5, 5.41) is 0. The van der Waals surface area contributed by atoms with Gasteiger partial charge < -0.3 is 14.8 Å². The molecule has 0 bridgehead atoms. The molecule has 1 atom stereocenters. The molecular formula is C16H26N4O. The van der Waals surface area contributed by atoms with Gasteiger partial charge >= 0.3 is 0 Å². The first-order valence-electron chi connectivity index (χ1n) is 8.04. The van der Waals surface area contributed by atoms with Crippen molar-refractivity contribution in [1.29, 1.82) is 0 Å². The third-order valence-electron chi connectivity index (χ3n) is 5.10. The molecular weight excluding hydrogens is 264 g/mol. The number of amides is 1. The molecule has 1 saturated heterocycles. The van der Waals surface area contributed by atoms with Gasteiger partial charge in [0.05, 0.1) is 5.69 Å². The summed E-state index contributed by atoms with van der Waals surface area (Å²) >= 11 is 0. The maximum Gasteiger partial charge on any atom is 0.226 e. The Balaban J connectivity index is 1.63. The van der Waals surface area contributed by atoms with Crippen LogP contribution in [0.3, 0.4) is 0 Å². The maximum atomic E-state index is 12.8. The Hall–Kier alpha value is -1.36. The van der Waals surface area contributed by atoms with Crippen molar-refractivity contribution in [3.8, 4) is 0 Å². The molecule has 0 spiro atoms. The maximum absolute atomic E-state index is 12.8. The van der Waals surface area contributed by atoms with Crippen molar-refractivity contribution in [2.75, 3.05) is 27.2 Å². The molecule has 1 aliphatic carbocycles. The molecule has 0 aromatic carbocycles. The third kappa shape index (κ3) is 2.98. The molecule has 1 N–H and O–H groups in total. The first-order valence-corrected chi connectivity index (χ1v) is 8.04. The van der Waals surface area contributed by atoms with E-state index in [1.54, 1.807) is 0 Å². The number of nitrogens with one attached hydrogen (secondary N) is 1. The highest BCUT2D eigenvalue weighted by atomic mass is 16.2. The highest BCUT2D eigenvalue weighted by molar-refractivity contribution is 5.79. The summed E-state index contributed by atoms with van der Waals surface area (Å²) in [6.45, 7) is 4.17. The van der Waals surface area contributed by atoms with E-state index in [9.17, 15) is 4.79 Å². The number of aryl methyl sites for hydroxylation is 2. The van der Waals surface area contributed by atoms with Crippen molar-refractivity contribution in [2.24, 2.45) is 5.92 Å². The molecule has 21 heavy (non-hydrogen) atoms. The fourth-order valence-electron chi connectivity index (χ4n) is 3.68. The van der Waals surface area contributed by atoms with E-state index in [4.69, 9.17) is 0 Å². The number of fused-ring (bicyclic) bond motifs is 1. The number of piperidine rings is 1. The van der Waals surface area contributed by atoms with Crippen LogP contribution in [-0.2, 0) is 17.6 Å². The quantitative estimate of drug-likeness (QED) is 0.895. The SMILES string of the molecule is Cc1nc2c([nH]1)CC(C(=O)N(C)C1CCN(C)CC1)CC2. The molecule has 1 unspecified atom stereocenters. The largest absolute Gasteiger partial charge is 0.346 e. The van der Waals surface area contributed by atoms with Gasteiger partial charge in [0.25, 0.3) is 0 Å². The van der Waals surface area contributed by atoms with Crippen LogP contribution in [0.5, 0.6) is 0 Å². The average Bonchev–Trinajstić information content (AvgIpc) is 2.85. The summed E-state index contributed by atoms with van der Waals surface area (Å²) in [5.74, 6) is 1.42. The van der Waals surface area contributed by atoms with E-state index in [1.165, 1.54) is 11.4 Å². The fraction of sp³-hybridized carbons (Fsp3) is 0.750. The first kappa shape index (κ1) is 14.6. The van der Waals surface area contributed by atoms with Gasteiger partial charge in [0.15, 0.2) is 0 Å². The minimum Gasteiger partial charge on any atom is -0.346 e. The Labute approximate surface area is 126 Å². The van der Waals surface area contributed by atoms with E-state index in [0.29, 0.717) is 11.9 Å². The van der Waals surface area contributed by atoms with Crippen LogP contribution >= 0.6 is 0 Å². The van der Waals surface area contributed by atoms with Crippen LogP contribution in [0.2, 0.25) is 0 Å². The summed E-state index contributed by atoms with van der Waals surface area (Å²) in [5.41, 5.74) is 2.34. The second kappa shape index (κ2) is 5.79. The second-order valence-corrected chi connectivity index (χ2v) is 6.67. The third-order valence-corrected chi connectivity index (χ3v) is 5.10. The van der Waals surface area contributed by atoms with Gasteiger partial charge in [-0.2, -0.15) is 0 Å². The van der Waals surface area contributed by atoms with Crippen LogP contribution in [0.4, 0.5) is 0 Å². The summed E-state index contributed by atoms with van der Waals surface area (Å²) in [7, 11) is 4.15. The molecule has 2 heterocycles. The minimum atomic E-state index is 0.127. The number of hydrogen-bond donors (Lipinski definition) is 1. The average molecular weight is 290 g/mol. The number of nitrogens with zero attached hydrogens (tertiary/aromatic N) is 3. The number of aromatic nitrogens is 2. The van der Waals surface area contributed by atoms with Gasteiger partial charge in [-0.1, -0.05) is 0 Å². The van der Waals surface area contributed by atoms with Crippen molar-refractivity contribution < 1.29 is 4.79 Å². The van der Waals surface area contributed by atoms with Crippen LogP contribution in [0, 0.1) is 12.8 Å². The molecule has 3 rings (SSSR count). The van der Waals surface area contributed by atoms with Crippen LogP contribution in [-0.4, -0.2) is 58.9 Å². The predicted octanol–water partition coefficient (Wildman–Crippen LogP) is 1.38. The zero-order valence-electron chi connectivity index (χ0n) is 13.4. The molecule has 1 aromatic heterocycles. The highest BCUT2D eigenvalue weighted by Crippen LogP contribution is 2.26. The van der Waals surface area contributed by atoms with Crippen LogP contribution in [0.15, 0.2) is 0 Å². The smallest absolute Gasteiger partial charge is 0.226 e. The number of hydrogen-bond acceptors (Lipinski definition) is 3. The zero-order valence-corrected chi connectivity index (χ0v) is 13.4. The molecule has 5 nitrogen and oxygen atoms in total. The zero-order chi connectivity index (χ0) is 15.0. The highest BCUT2D eigenvalue weighted by Gasteiger charge is 2.32. The van der Waals surface area contributed by atoms with Crippen molar-refractivity contribution in [3.05, 3.63) is 17.2 Å². The van der Waals surface area contributed by atoms with Crippen molar-refractivity contribution in [1.82, 2.24) is 19.8 Å². The number of imidazole rings is 1. The minimum absolute atomic E-state index is 0.127. The van der Waals surface area contributed by atoms with E-state index in [0.717, 1.165) is 51.0 Å². The molecule has 5 heteroatoms. The Morgan fingerprint density at radius 3 is 2.76 bits per heavy atom. The molecule has 1 fully saturated rings. The lowest BCUT2D eigenvalue weighted by molar-refractivity contribution is -0.137. The number of carbonyl (C=O) groups is 1. The number of aromatic amines is 1. The molecule has 1 aromatic rings. The normalized spacial score (nSPS) is 23.9. The summed E-state index contributed by atoms with van der Waals surface area (Å²) in [6.07, 6.45) is 4.89. The summed E-state index contributed by atoms with van der Waals surface area (Å²) < 4.78 is 0. The monoisotopic (exact) mass is 290 g/mol. The molecule has 0 saturated carbocycles. The van der Waals surface area contributed by atoms with Gasteiger partial charge in [0.1, 0.15) is 5.82 Å². The van der Waals surface area contributed by atoms with Gasteiger partial charge in [-0.05, 0) is 52.7 Å². The molecule has 0 radical (unpaired) electrons. The fourth-order valence-corrected chi connectivity index (χ4v) is 3.68. The standard InChI is InChI=1S/C16H26N4O/c1-11-17-14-5-4-12(10-15(14)18-11)16(21)20(3)13-6-8-19(2)9-7-13/h12-13H,4-10H2,1-3H3,(H,17,18). The molecule has 2 aliphatic rings. The second-order valence-electron chi connectivity index (χ2n) is 6.67. The molecule has 1 amide bonds. The van der Waals surface area contributed by atoms with Crippen LogP contribution in [0.25, 0.3) is 0 Å². The van der Waals surface area contributed by atoms with E-state index < -0.39 is 0 Å². The topological polar surface area (TPSA) is 52.2 Å². The Morgan fingerprint density at radius 2 is 2.05 bits per heavy atom. The van der Waals surface area contributed by atoms with Crippen molar-refractivity contribution >= 4 is 5.91 Å². The lowest BCUT2D eigenvalue weighted by Gasteiger charge is -2.37. The predicted molar refractivity (Wildman–Crippen MR) is 82.1 cm³/mol. The summed E-state index contributed by atoms with van der Waals surface area (Å²) in [6, 6.07) is 0.415. The molecule has 1 aliphatic heterocycles. The lowest BCUT2D eigenvalue weighted by atomic mass is 9.88. The van der Waals surface area contributed by atoms with Gasteiger partial charge in [-0.25, -0.2) is 4.98 Å². The van der Waals surface area contributed by atoms with Crippen LogP contribution in [0.1, 0.15) is 36.5 Å². The van der Waals surface area contributed by atoms with Crippen LogP contribution < -0.4 is 0 Å². The van der Waals surface area contributed by atoms with Gasteiger partial charge in [-0.3, -0.25) is 4.79 Å². The Bertz CT molecular complexity index is 516. The van der Waals surface area contributed by atoms with Crippen molar-refractivity contribution in [3.63, 3.8) is 0 Å². The van der Waals surface area contributed by atoms with E-state index in [-0.39, 0.29) is 5.92 Å². The van der Waals surface area contributed by atoms with Gasteiger partial charge in [0, 0.05) is 31.1 Å². The number of carbonyl (C=O) groups excluding carboxylic acids is 1. The first-order chi connectivity index (χ1) is 10.0. The van der Waals surface area contributed by atoms with E-state index in [2.05, 4.69) is 21.9 Å². The van der Waals surface area contributed by atoms with Gasteiger partial charge in [0.2, 0.25) is 5.91 Å². The lowest BCUT2D eigenvalue weighted by Crippen LogP contribution is -2.47. The van der Waals surface area contributed by atoms with E-state index >= 15 is 0 Å².